The van der Waals surface area contributed by atoms with Gasteiger partial charge in [-0.25, -0.2) is 13.1 Å². The summed E-state index contributed by atoms with van der Waals surface area (Å²) < 4.78 is 30.9. The average molecular weight is 379 g/mol. The summed E-state index contributed by atoms with van der Waals surface area (Å²) in [6, 6.07) is 7.82. The van der Waals surface area contributed by atoms with Gasteiger partial charge in [-0.15, -0.1) is 5.10 Å². The second-order valence-electron chi connectivity index (χ2n) is 6.63. The third kappa shape index (κ3) is 4.59. The highest BCUT2D eigenvalue weighted by atomic mass is 32.2. The van der Waals surface area contributed by atoms with Gasteiger partial charge < -0.3 is 4.74 Å². The van der Waals surface area contributed by atoms with Crippen LogP contribution in [0.3, 0.4) is 0 Å². The van der Waals surface area contributed by atoms with Gasteiger partial charge in [0.15, 0.2) is 15.7 Å². The predicted octanol–water partition coefficient (Wildman–Crippen LogP) is 1.28. The van der Waals surface area contributed by atoms with Crippen molar-refractivity contribution in [3.8, 4) is 5.75 Å². The van der Waals surface area contributed by atoms with Gasteiger partial charge in [0.25, 0.3) is 0 Å². The molecule has 1 saturated heterocycles. The van der Waals surface area contributed by atoms with Crippen LogP contribution in [0.25, 0.3) is 0 Å². The van der Waals surface area contributed by atoms with Crippen LogP contribution in [0.5, 0.6) is 5.75 Å². The fraction of sp³-hybridized carbons (Fsp3) is 0.588. The van der Waals surface area contributed by atoms with Gasteiger partial charge in [-0.05, 0) is 41.0 Å². The van der Waals surface area contributed by atoms with E-state index in [1.165, 1.54) is 0 Å². The first-order chi connectivity index (χ1) is 12.5. The first kappa shape index (κ1) is 18.8. The number of rotatable bonds is 8. The smallest absolute Gasteiger partial charge is 0.165 e. The summed E-state index contributed by atoms with van der Waals surface area (Å²) >= 11 is 0. The number of sulfone groups is 1. The molecule has 1 aliphatic rings. The second-order valence-corrected chi connectivity index (χ2v) is 8.86. The molecule has 8 nitrogen and oxygen atoms in total. The van der Waals surface area contributed by atoms with Gasteiger partial charge in [-0.2, -0.15) is 0 Å². The molecule has 1 unspecified atom stereocenters. The summed E-state index contributed by atoms with van der Waals surface area (Å²) in [4.78, 5) is 2.17. The monoisotopic (exact) mass is 379 g/mol. The van der Waals surface area contributed by atoms with E-state index in [9.17, 15) is 8.42 Å². The number of hydrogen-bond acceptors (Lipinski definition) is 7. The normalized spacial score (nSPS) is 19.1. The molecule has 1 aromatic heterocycles. The van der Waals surface area contributed by atoms with Crippen LogP contribution in [0.15, 0.2) is 24.3 Å². The van der Waals surface area contributed by atoms with Crippen molar-refractivity contribution in [3.05, 3.63) is 35.7 Å². The predicted molar refractivity (Wildman–Crippen MR) is 97.4 cm³/mol. The van der Waals surface area contributed by atoms with Crippen molar-refractivity contribution in [2.75, 3.05) is 18.6 Å². The Kier molecular flexibility index (Phi) is 5.87. The van der Waals surface area contributed by atoms with Crippen molar-refractivity contribution in [1.29, 1.82) is 0 Å². The molecule has 0 saturated carbocycles. The minimum absolute atomic E-state index is 0.0196. The highest BCUT2D eigenvalue weighted by Gasteiger charge is 2.33. The molecule has 1 aliphatic heterocycles. The van der Waals surface area contributed by atoms with Gasteiger partial charge in [0, 0.05) is 19.1 Å². The lowest BCUT2D eigenvalue weighted by molar-refractivity contribution is 0.185. The van der Waals surface area contributed by atoms with Crippen LogP contribution in [0.4, 0.5) is 0 Å². The molecule has 2 aromatic rings. The standard InChI is InChI=1S/C17H25N5O3S/c1-3-9-22-17(18-19-20-22)12-21(15-8-10-26(23,24)13-15)11-14-4-6-16(25-2)7-5-14/h4-7,15H,3,8-13H2,1-2H3. The van der Waals surface area contributed by atoms with Crippen molar-refractivity contribution in [2.45, 2.75) is 45.4 Å². The van der Waals surface area contributed by atoms with Crippen LogP contribution in [-0.2, 0) is 29.5 Å². The van der Waals surface area contributed by atoms with Gasteiger partial charge in [0.1, 0.15) is 5.75 Å². The van der Waals surface area contributed by atoms with Gasteiger partial charge in [-0.3, -0.25) is 4.90 Å². The zero-order valence-corrected chi connectivity index (χ0v) is 16.0. The van der Waals surface area contributed by atoms with Crippen LogP contribution >= 0.6 is 0 Å². The molecule has 142 valence electrons. The first-order valence-electron chi connectivity index (χ1n) is 8.83. The number of tetrazole rings is 1. The van der Waals surface area contributed by atoms with E-state index >= 15 is 0 Å². The Morgan fingerprint density at radius 1 is 1.27 bits per heavy atom. The van der Waals surface area contributed by atoms with Crippen LogP contribution in [0.1, 0.15) is 31.2 Å². The van der Waals surface area contributed by atoms with Crippen molar-refractivity contribution in [3.63, 3.8) is 0 Å². The molecule has 3 rings (SSSR count). The molecule has 1 aromatic carbocycles. The number of ether oxygens (including phenoxy) is 1. The molecule has 0 N–H and O–H groups in total. The number of aromatic nitrogens is 4. The Hall–Kier alpha value is -2.00. The molecule has 0 amide bonds. The van der Waals surface area contributed by atoms with Crippen LogP contribution in [0.2, 0.25) is 0 Å². The molecular weight excluding hydrogens is 354 g/mol. The van der Waals surface area contributed by atoms with Crippen molar-refractivity contribution in [1.82, 2.24) is 25.1 Å². The van der Waals surface area contributed by atoms with Gasteiger partial charge in [-0.1, -0.05) is 19.1 Å². The van der Waals surface area contributed by atoms with Crippen molar-refractivity contribution >= 4 is 9.84 Å². The lowest BCUT2D eigenvalue weighted by atomic mass is 10.1. The van der Waals surface area contributed by atoms with Crippen LogP contribution < -0.4 is 4.74 Å². The van der Waals surface area contributed by atoms with Crippen molar-refractivity contribution in [2.24, 2.45) is 0 Å². The number of methoxy groups -OCH3 is 1. The van der Waals surface area contributed by atoms with E-state index in [-0.39, 0.29) is 17.5 Å². The van der Waals surface area contributed by atoms with Gasteiger partial charge >= 0.3 is 0 Å². The molecule has 9 heteroatoms. The van der Waals surface area contributed by atoms with E-state index in [0.29, 0.717) is 19.5 Å². The molecule has 0 aliphatic carbocycles. The molecule has 1 atom stereocenters. The Morgan fingerprint density at radius 3 is 2.65 bits per heavy atom. The van der Waals surface area contributed by atoms with E-state index in [0.717, 1.165) is 30.1 Å². The van der Waals surface area contributed by atoms with E-state index in [1.807, 2.05) is 24.3 Å². The summed E-state index contributed by atoms with van der Waals surface area (Å²) in [5.41, 5.74) is 1.10. The summed E-state index contributed by atoms with van der Waals surface area (Å²) in [7, 11) is -1.33. The van der Waals surface area contributed by atoms with E-state index < -0.39 is 9.84 Å². The lowest BCUT2D eigenvalue weighted by Crippen LogP contribution is -2.36. The molecule has 1 fully saturated rings. The topological polar surface area (TPSA) is 90.2 Å². The summed E-state index contributed by atoms with van der Waals surface area (Å²) in [5, 5.41) is 12.0. The zero-order valence-electron chi connectivity index (χ0n) is 15.2. The Bertz CT molecular complexity index is 819. The summed E-state index contributed by atoms with van der Waals surface area (Å²) in [6.45, 7) is 3.99. The quantitative estimate of drug-likeness (QED) is 0.682. The Morgan fingerprint density at radius 2 is 2.04 bits per heavy atom. The second kappa shape index (κ2) is 8.13. The summed E-state index contributed by atoms with van der Waals surface area (Å²) in [6.07, 6.45) is 1.59. The Labute approximate surface area is 154 Å². The van der Waals surface area contributed by atoms with Crippen LogP contribution in [-0.4, -0.2) is 58.2 Å². The van der Waals surface area contributed by atoms with Crippen molar-refractivity contribution < 1.29 is 13.2 Å². The Balaban J connectivity index is 1.80. The number of hydrogen-bond donors (Lipinski definition) is 0. The first-order valence-corrected chi connectivity index (χ1v) is 10.7. The minimum Gasteiger partial charge on any atom is -0.497 e. The molecular formula is C17H25N5O3S. The van der Waals surface area contributed by atoms with Gasteiger partial charge in [0.05, 0.1) is 25.2 Å². The zero-order chi connectivity index (χ0) is 18.6. The molecule has 26 heavy (non-hydrogen) atoms. The summed E-state index contributed by atoms with van der Waals surface area (Å²) in [5.74, 6) is 2.01. The molecule has 0 bridgehead atoms. The molecule has 0 spiro atoms. The highest BCUT2D eigenvalue weighted by Crippen LogP contribution is 2.22. The van der Waals surface area contributed by atoms with E-state index in [1.54, 1.807) is 11.8 Å². The largest absolute Gasteiger partial charge is 0.497 e. The number of aryl methyl sites for hydroxylation is 1. The molecule has 2 heterocycles. The third-order valence-electron chi connectivity index (χ3n) is 4.66. The van der Waals surface area contributed by atoms with E-state index in [4.69, 9.17) is 4.74 Å². The lowest BCUT2D eigenvalue weighted by Gasteiger charge is -2.27. The maximum Gasteiger partial charge on any atom is 0.165 e. The van der Waals surface area contributed by atoms with Gasteiger partial charge in [0.2, 0.25) is 0 Å². The maximum absolute atomic E-state index is 12.0. The number of nitrogens with zero attached hydrogens (tertiary/aromatic N) is 5. The maximum atomic E-state index is 12.0. The molecule has 0 radical (unpaired) electrons. The fourth-order valence-corrected chi connectivity index (χ4v) is 5.01. The van der Waals surface area contributed by atoms with Crippen LogP contribution in [0, 0.1) is 0 Å². The third-order valence-corrected chi connectivity index (χ3v) is 6.41. The van der Waals surface area contributed by atoms with E-state index in [2.05, 4.69) is 27.3 Å². The highest BCUT2D eigenvalue weighted by molar-refractivity contribution is 7.91. The number of benzene rings is 1. The minimum atomic E-state index is -2.96. The fourth-order valence-electron chi connectivity index (χ4n) is 3.25. The average Bonchev–Trinajstić information content (AvgIpc) is 3.21. The SMILES string of the molecule is CCCn1nnnc1CN(Cc1ccc(OC)cc1)C1CCS(=O)(=O)C1.